The lowest BCUT2D eigenvalue weighted by molar-refractivity contribution is 0.578. The Kier molecular flexibility index (Phi) is 2.23. The third-order valence-electron chi connectivity index (χ3n) is 2.53. The molecule has 7 heteroatoms. The van der Waals surface area contributed by atoms with Gasteiger partial charge in [-0.1, -0.05) is 6.92 Å². The molecule has 6 nitrogen and oxygen atoms in total. The molecular formula is C8H14N4O2S. The van der Waals surface area contributed by atoms with Crippen LogP contribution in [0, 0.1) is 5.92 Å². The van der Waals surface area contributed by atoms with Crippen LogP contribution < -0.4 is 10.5 Å². The lowest BCUT2D eigenvalue weighted by Gasteiger charge is -2.03. The number of aryl methyl sites for hydroxylation is 1. The van der Waals surface area contributed by atoms with E-state index in [1.165, 1.54) is 10.9 Å². The van der Waals surface area contributed by atoms with Crippen LogP contribution in [0.15, 0.2) is 11.1 Å². The topological polar surface area (TPSA) is 90.0 Å². The molecule has 1 aromatic rings. The monoisotopic (exact) mass is 230 g/mol. The van der Waals surface area contributed by atoms with E-state index in [1.54, 1.807) is 7.05 Å². The second kappa shape index (κ2) is 3.21. The summed E-state index contributed by atoms with van der Waals surface area (Å²) < 4.78 is 27.6. The molecule has 0 spiro atoms. The van der Waals surface area contributed by atoms with Gasteiger partial charge in [0.25, 0.3) is 0 Å². The first kappa shape index (κ1) is 10.4. The number of nitrogen functional groups attached to an aromatic ring is 1. The summed E-state index contributed by atoms with van der Waals surface area (Å²) in [6.45, 7) is 2.00. The highest BCUT2D eigenvalue weighted by molar-refractivity contribution is 7.89. The number of anilines is 1. The van der Waals surface area contributed by atoms with E-state index in [-0.39, 0.29) is 16.8 Å². The van der Waals surface area contributed by atoms with Gasteiger partial charge in [0.05, 0.1) is 0 Å². The van der Waals surface area contributed by atoms with E-state index < -0.39 is 10.0 Å². The lowest BCUT2D eigenvalue weighted by Crippen LogP contribution is -2.27. The van der Waals surface area contributed by atoms with Gasteiger partial charge < -0.3 is 5.73 Å². The number of rotatable bonds is 3. The number of aromatic nitrogens is 2. The SMILES string of the molecule is CC1CC1NS(=O)(=O)c1cn(C)nc1N. The van der Waals surface area contributed by atoms with Gasteiger partial charge in [0.2, 0.25) is 10.0 Å². The molecule has 0 aromatic carbocycles. The number of sulfonamides is 1. The first-order valence-corrected chi connectivity index (χ1v) is 6.20. The largest absolute Gasteiger partial charge is 0.381 e. The van der Waals surface area contributed by atoms with E-state index in [4.69, 9.17) is 5.73 Å². The standard InChI is InChI=1S/C8H14N4O2S/c1-5-3-6(5)11-15(13,14)7-4-12(2)10-8(7)9/h4-6,11H,3H2,1-2H3,(H2,9,10). The average Bonchev–Trinajstić information content (AvgIpc) is 2.62. The van der Waals surface area contributed by atoms with Gasteiger partial charge in [0, 0.05) is 19.3 Å². The third-order valence-corrected chi connectivity index (χ3v) is 4.03. The molecule has 0 amide bonds. The second-order valence-corrected chi connectivity index (χ2v) is 5.68. The van der Waals surface area contributed by atoms with Crippen molar-refractivity contribution in [3.8, 4) is 0 Å². The van der Waals surface area contributed by atoms with Crippen molar-refractivity contribution < 1.29 is 8.42 Å². The molecule has 1 aromatic heterocycles. The maximum absolute atomic E-state index is 11.8. The highest BCUT2D eigenvalue weighted by Gasteiger charge is 2.37. The van der Waals surface area contributed by atoms with Crippen molar-refractivity contribution in [2.45, 2.75) is 24.3 Å². The Morgan fingerprint density at radius 1 is 1.67 bits per heavy atom. The predicted octanol–water partition coefficient (Wildman–Crippen LogP) is -0.311. The maximum atomic E-state index is 11.8. The first-order chi connectivity index (χ1) is 6.90. The Morgan fingerprint density at radius 2 is 2.27 bits per heavy atom. The zero-order valence-electron chi connectivity index (χ0n) is 8.64. The minimum atomic E-state index is -3.50. The molecule has 0 aliphatic heterocycles. The molecule has 1 aliphatic carbocycles. The molecule has 1 heterocycles. The molecule has 0 radical (unpaired) electrons. The van der Waals surface area contributed by atoms with Crippen LogP contribution in [0.3, 0.4) is 0 Å². The molecule has 1 fully saturated rings. The molecule has 3 N–H and O–H groups in total. The van der Waals surface area contributed by atoms with Crippen LogP contribution in [0.25, 0.3) is 0 Å². The summed E-state index contributed by atoms with van der Waals surface area (Å²) in [5.41, 5.74) is 5.51. The van der Waals surface area contributed by atoms with Crippen molar-refractivity contribution in [2.75, 3.05) is 5.73 Å². The highest BCUT2D eigenvalue weighted by Crippen LogP contribution is 2.31. The van der Waals surface area contributed by atoms with E-state index in [9.17, 15) is 8.42 Å². The van der Waals surface area contributed by atoms with Crippen molar-refractivity contribution >= 4 is 15.8 Å². The van der Waals surface area contributed by atoms with Gasteiger partial charge in [-0.05, 0) is 12.3 Å². The summed E-state index contributed by atoms with van der Waals surface area (Å²) in [5.74, 6) is 0.455. The minimum absolute atomic E-state index is 0.0401. The van der Waals surface area contributed by atoms with Gasteiger partial charge in [0.15, 0.2) is 5.82 Å². The summed E-state index contributed by atoms with van der Waals surface area (Å²) in [6.07, 6.45) is 2.30. The summed E-state index contributed by atoms with van der Waals surface area (Å²) in [4.78, 5) is 0.0594. The Balaban J connectivity index is 2.25. The van der Waals surface area contributed by atoms with E-state index in [2.05, 4.69) is 9.82 Å². The van der Waals surface area contributed by atoms with E-state index in [0.717, 1.165) is 6.42 Å². The molecule has 0 bridgehead atoms. The normalized spacial score (nSPS) is 25.5. The van der Waals surface area contributed by atoms with Gasteiger partial charge in [-0.15, -0.1) is 0 Å². The van der Waals surface area contributed by atoms with E-state index in [0.29, 0.717) is 5.92 Å². The first-order valence-electron chi connectivity index (χ1n) is 4.71. The lowest BCUT2D eigenvalue weighted by atomic mass is 10.5. The van der Waals surface area contributed by atoms with Crippen LogP contribution in [0.5, 0.6) is 0 Å². The number of hydrogen-bond donors (Lipinski definition) is 2. The summed E-state index contributed by atoms with van der Waals surface area (Å²) >= 11 is 0. The number of nitrogens with zero attached hydrogens (tertiary/aromatic N) is 2. The fraction of sp³-hybridized carbons (Fsp3) is 0.625. The Labute approximate surface area is 88.5 Å². The molecule has 2 rings (SSSR count). The van der Waals surface area contributed by atoms with Crippen LogP contribution in [-0.2, 0) is 17.1 Å². The molecule has 1 saturated carbocycles. The van der Waals surface area contributed by atoms with Gasteiger partial charge in [-0.2, -0.15) is 5.10 Å². The minimum Gasteiger partial charge on any atom is -0.381 e. The third kappa shape index (κ3) is 1.98. The molecule has 1 aliphatic rings. The van der Waals surface area contributed by atoms with Crippen molar-refractivity contribution in [3.05, 3.63) is 6.20 Å². The summed E-state index contributed by atoms with van der Waals surface area (Å²) in [5, 5.41) is 3.80. The van der Waals surface area contributed by atoms with Crippen LogP contribution in [-0.4, -0.2) is 24.2 Å². The van der Waals surface area contributed by atoms with E-state index in [1.807, 2.05) is 6.92 Å². The number of hydrogen-bond acceptors (Lipinski definition) is 4. The molecule has 0 saturated heterocycles. The van der Waals surface area contributed by atoms with Crippen molar-refractivity contribution in [1.82, 2.24) is 14.5 Å². The maximum Gasteiger partial charge on any atom is 0.246 e. The summed E-state index contributed by atoms with van der Waals surface area (Å²) in [6, 6.07) is 0.0506. The molecular weight excluding hydrogens is 216 g/mol. The van der Waals surface area contributed by atoms with Gasteiger partial charge in [0.1, 0.15) is 4.90 Å². The second-order valence-electron chi connectivity index (χ2n) is 3.99. The quantitative estimate of drug-likeness (QED) is 0.745. The van der Waals surface area contributed by atoms with Crippen molar-refractivity contribution in [3.63, 3.8) is 0 Å². The fourth-order valence-electron chi connectivity index (χ4n) is 1.44. The van der Waals surface area contributed by atoms with Crippen LogP contribution in [0.1, 0.15) is 13.3 Å². The highest BCUT2D eigenvalue weighted by atomic mass is 32.2. The van der Waals surface area contributed by atoms with Crippen LogP contribution >= 0.6 is 0 Å². The van der Waals surface area contributed by atoms with Gasteiger partial charge >= 0.3 is 0 Å². The predicted molar refractivity (Wildman–Crippen MR) is 55.5 cm³/mol. The van der Waals surface area contributed by atoms with Gasteiger partial charge in [-0.3, -0.25) is 4.68 Å². The van der Waals surface area contributed by atoms with Crippen LogP contribution in [0.4, 0.5) is 5.82 Å². The molecule has 2 atom stereocenters. The molecule has 2 unspecified atom stereocenters. The molecule has 84 valence electrons. The Bertz CT molecular complexity index is 479. The fourth-order valence-corrected chi connectivity index (χ4v) is 2.90. The average molecular weight is 230 g/mol. The van der Waals surface area contributed by atoms with E-state index >= 15 is 0 Å². The zero-order chi connectivity index (χ0) is 11.2. The van der Waals surface area contributed by atoms with Crippen molar-refractivity contribution in [2.24, 2.45) is 13.0 Å². The Hall–Kier alpha value is -1.08. The van der Waals surface area contributed by atoms with Crippen LogP contribution in [0.2, 0.25) is 0 Å². The molecule has 15 heavy (non-hydrogen) atoms. The smallest absolute Gasteiger partial charge is 0.246 e. The summed E-state index contributed by atoms with van der Waals surface area (Å²) in [7, 11) is -1.86. The number of nitrogens with one attached hydrogen (secondary N) is 1. The number of nitrogens with two attached hydrogens (primary N) is 1. The van der Waals surface area contributed by atoms with Gasteiger partial charge in [-0.25, -0.2) is 13.1 Å². The van der Waals surface area contributed by atoms with Crippen molar-refractivity contribution in [1.29, 1.82) is 0 Å². The Morgan fingerprint density at radius 3 is 2.67 bits per heavy atom. The zero-order valence-corrected chi connectivity index (χ0v) is 9.45.